The molecule has 1 aliphatic heterocycles. The van der Waals surface area contributed by atoms with Crippen LogP contribution in [0.15, 0.2) is 42.5 Å². The van der Waals surface area contributed by atoms with Crippen molar-refractivity contribution in [1.82, 2.24) is 4.90 Å². The average molecular weight is 404 g/mol. The average Bonchev–Trinajstić information content (AvgIpc) is 2.92. The summed E-state index contributed by atoms with van der Waals surface area (Å²) in [5.41, 5.74) is 0.248. The van der Waals surface area contributed by atoms with E-state index < -0.39 is 32.2 Å². The van der Waals surface area contributed by atoms with E-state index in [1.165, 1.54) is 11.0 Å². The van der Waals surface area contributed by atoms with Gasteiger partial charge in [-0.25, -0.2) is 9.69 Å². The summed E-state index contributed by atoms with van der Waals surface area (Å²) >= 11 is 0. The number of imide groups is 1. The molecule has 0 N–H and O–H groups in total. The van der Waals surface area contributed by atoms with Crippen molar-refractivity contribution < 1.29 is 18.8 Å². The predicted octanol–water partition coefficient (Wildman–Crippen LogP) is 5.45. The van der Waals surface area contributed by atoms with Crippen molar-refractivity contribution in [1.29, 1.82) is 0 Å². The zero-order valence-corrected chi connectivity index (χ0v) is 19.3. The van der Waals surface area contributed by atoms with Crippen LogP contribution in [0.1, 0.15) is 53.2 Å². The molecular weight excluding hydrogens is 370 g/mol. The molecule has 0 radical (unpaired) electrons. The molecule has 2 amide bonds. The maximum absolute atomic E-state index is 12.8. The van der Waals surface area contributed by atoms with E-state index in [0.717, 1.165) is 5.56 Å². The molecule has 0 aliphatic carbocycles. The molecule has 2 atom stereocenters. The van der Waals surface area contributed by atoms with Crippen molar-refractivity contribution in [2.75, 3.05) is 0 Å². The van der Waals surface area contributed by atoms with Crippen LogP contribution in [-0.4, -0.2) is 36.9 Å². The summed E-state index contributed by atoms with van der Waals surface area (Å²) in [5.74, 6) is -0.376. The summed E-state index contributed by atoms with van der Waals surface area (Å²) < 4.78 is 12.2. The molecular formula is C22H33NO4Si. The Balaban J connectivity index is 2.43. The highest BCUT2D eigenvalue weighted by molar-refractivity contribution is 6.74. The van der Waals surface area contributed by atoms with Crippen molar-refractivity contribution >= 4 is 20.3 Å². The third-order valence-electron chi connectivity index (χ3n) is 5.23. The smallest absolute Gasteiger partial charge is 0.417 e. The molecule has 6 heteroatoms. The first-order valence-electron chi connectivity index (χ1n) is 9.70. The van der Waals surface area contributed by atoms with Gasteiger partial charge in [-0.3, -0.25) is 4.79 Å². The Morgan fingerprint density at radius 3 is 2.14 bits per heavy atom. The summed E-state index contributed by atoms with van der Waals surface area (Å²) in [6.45, 7) is 16.2. The third-order valence-corrected chi connectivity index (χ3v) is 9.68. The molecule has 1 aliphatic rings. The maximum atomic E-state index is 12.8. The van der Waals surface area contributed by atoms with Gasteiger partial charge in [-0.2, -0.15) is 0 Å². The lowest BCUT2D eigenvalue weighted by Gasteiger charge is -2.42. The van der Waals surface area contributed by atoms with Crippen LogP contribution >= 0.6 is 0 Å². The Morgan fingerprint density at radius 2 is 1.64 bits per heavy atom. The minimum Gasteiger partial charge on any atom is -0.443 e. The number of carbonyl (C=O) groups is 2. The standard InChI is InChI=1S/C22H33NO4Si/c1-21(2,3)26-20(25)23-17(14-15-18(23)24)19(16-12-10-9-11-13-16)27-28(7,8)22(4,5)6/h9-15,17,19H,1-8H3/t17-,19+/m0/s1. The highest BCUT2D eigenvalue weighted by Crippen LogP contribution is 2.42. The summed E-state index contributed by atoms with van der Waals surface area (Å²) in [6, 6.07) is 9.22. The highest BCUT2D eigenvalue weighted by Gasteiger charge is 2.45. The van der Waals surface area contributed by atoms with E-state index in [1.807, 2.05) is 30.3 Å². The number of hydrogen-bond donors (Lipinski definition) is 0. The van der Waals surface area contributed by atoms with Gasteiger partial charge in [-0.1, -0.05) is 57.2 Å². The first kappa shape index (κ1) is 22.4. The zero-order valence-electron chi connectivity index (χ0n) is 18.3. The minimum absolute atomic E-state index is 0.0108. The minimum atomic E-state index is -2.18. The topological polar surface area (TPSA) is 55.8 Å². The van der Waals surface area contributed by atoms with Gasteiger partial charge in [-0.15, -0.1) is 0 Å². The fourth-order valence-electron chi connectivity index (χ4n) is 2.73. The predicted molar refractivity (Wildman–Crippen MR) is 113 cm³/mol. The molecule has 0 spiro atoms. The molecule has 154 valence electrons. The van der Waals surface area contributed by atoms with Crippen molar-refractivity contribution in [3.05, 3.63) is 48.0 Å². The van der Waals surface area contributed by atoms with E-state index in [4.69, 9.17) is 9.16 Å². The number of ether oxygens (including phenoxy) is 1. The van der Waals surface area contributed by atoms with Crippen LogP contribution in [0.25, 0.3) is 0 Å². The van der Waals surface area contributed by atoms with Crippen molar-refractivity contribution in [3.63, 3.8) is 0 Å². The Bertz CT molecular complexity index is 744. The zero-order chi connectivity index (χ0) is 21.3. The van der Waals surface area contributed by atoms with E-state index >= 15 is 0 Å². The lowest BCUT2D eigenvalue weighted by Crippen LogP contribution is -2.49. The van der Waals surface area contributed by atoms with Gasteiger partial charge >= 0.3 is 6.09 Å². The molecule has 1 aromatic rings. The monoisotopic (exact) mass is 403 g/mol. The molecule has 0 aromatic heterocycles. The Hall–Kier alpha value is -1.92. The van der Waals surface area contributed by atoms with E-state index in [2.05, 4.69) is 33.9 Å². The maximum Gasteiger partial charge on any atom is 0.417 e. The van der Waals surface area contributed by atoms with Gasteiger partial charge in [0.15, 0.2) is 8.32 Å². The van der Waals surface area contributed by atoms with E-state index in [0.29, 0.717) is 0 Å². The van der Waals surface area contributed by atoms with E-state index in [-0.39, 0.29) is 10.9 Å². The van der Waals surface area contributed by atoms with Crippen LogP contribution in [0.5, 0.6) is 0 Å². The van der Waals surface area contributed by atoms with Crippen LogP contribution in [0.3, 0.4) is 0 Å². The Morgan fingerprint density at radius 1 is 1.07 bits per heavy atom. The van der Waals surface area contributed by atoms with E-state index in [9.17, 15) is 9.59 Å². The molecule has 0 saturated heterocycles. The van der Waals surface area contributed by atoms with Gasteiger partial charge in [0.05, 0.1) is 12.1 Å². The van der Waals surface area contributed by atoms with Gasteiger partial charge in [0.25, 0.3) is 5.91 Å². The largest absolute Gasteiger partial charge is 0.443 e. The van der Waals surface area contributed by atoms with Crippen LogP contribution in [0.2, 0.25) is 18.1 Å². The van der Waals surface area contributed by atoms with E-state index in [1.54, 1.807) is 26.8 Å². The second-order valence-corrected chi connectivity index (χ2v) is 14.5. The molecule has 0 fully saturated rings. The number of benzene rings is 1. The first-order chi connectivity index (χ1) is 12.7. The number of nitrogens with zero attached hydrogens (tertiary/aromatic N) is 1. The molecule has 1 aromatic carbocycles. The Labute approximate surface area is 169 Å². The van der Waals surface area contributed by atoms with Gasteiger partial charge in [0.2, 0.25) is 0 Å². The fraction of sp³-hybridized carbons (Fsp3) is 0.545. The number of hydrogen-bond acceptors (Lipinski definition) is 4. The molecule has 0 saturated carbocycles. The first-order valence-corrected chi connectivity index (χ1v) is 12.6. The highest BCUT2D eigenvalue weighted by atomic mass is 28.4. The van der Waals surface area contributed by atoms with Crippen LogP contribution < -0.4 is 0 Å². The lowest BCUT2D eigenvalue weighted by atomic mass is 10.0. The van der Waals surface area contributed by atoms with Crippen molar-refractivity contribution in [2.45, 2.75) is 77.4 Å². The van der Waals surface area contributed by atoms with Gasteiger partial charge in [0.1, 0.15) is 5.60 Å². The number of rotatable bonds is 4. The van der Waals surface area contributed by atoms with Crippen molar-refractivity contribution in [3.8, 4) is 0 Å². The quantitative estimate of drug-likeness (QED) is 0.627. The van der Waals surface area contributed by atoms with Gasteiger partial charge in [-0.05, 0) is 44.5 Å². The summed E-state index contributed by atoms with van der Waals surface area (Å²) in [4.78, 5) is 26.5. The molecule has 28 heavy (non-hydrogen) atoms. The third kappa shape index (κ3) is 5.11. The van der Waals surface area contributed by atoms with Crippen LogP contribution in [0, 0.1) is 0 Å². The SMILES string of the molecule is CC(C)(C)OC(=O)N1C(=O)C=C[C@H]1[C@H](O[Si](C)(C)C(C)(C)C)c1ccccc1. The summed E-state index contributed by atoms with van der Waals surface area (Å²) in [7, 11) is -2.18. The molecule has 1 heterocycles. The van der Waals surface area contributed by atoms with Crippen LogP contribution in [-0.2, 0) is 14.0 Å². The summed E-state index contributed by atoms with van der Waals surface area (Å²) in [6.07, 6.45) is 2.08. The molecule has 5 nitrogen and oxygen atoms in total. The summed E-state index contributed by atoms with van der Waals surface area (Å²) in [5, 5.41) is -0.0108. The number of amides is 2. The fourth-order valence-corrected chi connectivity index (χ4v) is 3.99. The van der Waals surface area contributed by atoms with Crippen LogP contribution in [0.4, 0.5) is 4.79 Å². The molecule has 0 unspecified atom stereocenters. The van der Waals surface area contributed by atoms with Gasteiger partial charge < -0.3 is 9.16 Å². The van der Waals surface area contributed by atoms with Crippen molar-refractivity contribution in [2.24, 2.45) is 0 Å². The van der Waals surface area contributed by atoms with Gasteiger partial charge in [0, 0.05) is 6.08 Å². The molecule has 2 rings (SSSR count). The normalized spacial score (nSPS) is 19.1. The Kier molecular flexibility index (Phi) is 6.26. The lowest BCUT2D eigenvalue weighted by molar-refractivity contribution is -0.126. The molecule has 0 bridgehead atoms. The number of carbonyl (C=O) groups excluding carboxylic acids is 2. The second-order valence-electron chi connectivity index (χ2n) is 9.75. The second kappa shape index (κ2) is 7.83.